The Balaban J connectivity index is 1.71. The molecule has 2 unspecified atom stereocenters. The van der Waals surface area contributed by atoms with Gasteiger partial charge in [-0.1, -0.05) is 44.2 Å². The zero-order valence-electron chi connectivity index (χ0n) is 9.74. The van der Waals surface area contributed by atoms with Crippen molar-refractivity contribution in [1.82, 2.24) is 5.32 Å². The molecule has 0 bridgehead atoms. The maximum Gasteiger partial charge on any atom is 0.0102 e. The summed E-state index contributed by atoms with van der Waals surface area (Å²) in [6.07, 6.45) is 2.61. The lowest BCUT2D eigenvalue weighted by Gasteiger charge is -2.06. The zero-order chi connectivity index (χ0) is 10.7. The van der Waals surface area contributed by atoms with Gasteiger partial charge in [-0.05, 0) is 36.8 Å². The minimum Gasteiger partial charge on any atom is -0.313 e. The van der Waals surface area contributed by atoms with Gasteiger partial charge in [0.2, 0.25) is 0 Å². The Hall–Kier alpha value is -0.820. The number of hydrogen-bond acceptors (Lipinski definition) is 1. The Morgan fingerprint density at radius 2 is 2.00 bits per heavy atom. The topological polar surface area (TPSA) is 12.0 Å². The van der Waals surface area contributed by atoms with Crippen LogP contribution in [0.1, 0.15) is 25.8 Å². The fourth-order valence-electron chi connectivity index (χ4n) is 2.03. The summed E-state index contributed by atoms with van der Waals surface area (Å²) in [5.41, 5.74) is 1.48. The molecule has 1 saturated carbocycles. The molecule has 1 aromatic rings. The molecule has 0 aromatic heterocycles. The van der Waals surface area contributed by atoms with E-state index in [9.17, 15) is 0 Å². The zero-order valence-corrected chi connectivity index (χ0v) is 9.74. The predicted octanol–water partition coefficient (Wildman–Crippen LogP) is 2.86. The van der Waals surface area contributed by atoms with Crippen LogP contribution in [0.3, 0.4) is 0 Å². The van der Waals surface area contributed by atoms with Crippen LogP contribution in [0, 0.1) is 11.8 Å². The number of nitrogens with one attached hydrogen (secondary N) is 1. The molecule has 1 N–H and O–H groups in total. The van der Waals surface area contributed by atoms with Crippen molar-refractivity contribution in [1.29, 1.82) is 0 Å². The first-order chi connectivity index (χ1) is 7.25. The monoisotopic (exact) mass is 203 g/mol. The predicted molar refractivity (Wildman–Crippen MR) is 64.9 cm³/mol. The first-order valence-corrected chi connectivity index (χ1v) is 6.03. The molecule has 0 radical (unpaired) electrons. The van der Waals surface area contributed by atoms with Crippen LogP contribution in [-0.4, -0.2) is 12.6 Å². The van der Waals surface area contributed by atoms with Crippen LogP contribution < -0.4 is 5.32 Å². The van der Waals surface area contributed by atoms with Gasteiger partial charge >= 0.3 is 0 Å². The van der Waals surface area contributed by atoms with Crippen LogP contribution in [0.25, 0.3) is 0 Å². The smallest absolute Gasteiger partial charge is 0.0102 e. The van der Waals surface area contributed by atoms with Crippen molar-refractivity contribution in [2.75, 3.05) is 6.54 Å². The van der Waals surface area contributed by atoms with E-state index in [1.807, 2.05) is 0 Å². The van der Waals surface area contributed by atoms with Gasteiger partial charge in [-0.3, -0.25) is 0 Å². The minimum atomic E-state index is 0.767. The third kappa shape index (κ3) is 3.35. The van der Waals surface area contributed by atoms with Gasteiger partial charge in [-0.25, -0.2) is 0 Å². The normalized spacial score (nSPS) is 24.5. The van der Waals surface area contributed by atoms with E-state index in [0.717, 1.165) is 24.4 Å². The summed E-state index contributed by atoms with van der Waals surface area (Å²) in [6.45, 7) is 5.69. The SMILES string of the molecule is CC(C)CNC1CC1Cc1ccccc1. The second-order valence-electron chi connectivity index (χ2n) is 5.09. The Kier molecular flexibility index (Phi) is 3.42. The fourth-order valence-corrected chi connectivity index (χ4v) is 2.03. The number of hydrogen-bond donors (Lipinski definition) is 1. The van der Waals surface area contributed by atoms with Crippen molar-refractivity contribution in [2.24, 2.45) is 11.8 Å². The molecule has 1 fully saturated rings. The standard InChI is InChI=1S/C14H21N/c1-11(2)10-15-14-9-13(14)8-12-6-4-3-5-7-12/h3-7,11,13-15H,8-10H2,1-2H3. The van der Waals surface area contributed by atoms with Crippen molar-refractivity contribution in [2.45, 2.75) is 32.7 Å². The molecule has 0 aliphatic heterocycles. The van der Waals surface area contributed by atoms with Crippen LogP contribution in [0.5, 0.6) is 0 Å². The summed E-state index contributed by atoms with van der Waals surface area (Å²) in [6, 6.07) is 11.6. The summed E-state index contributed by atoms with van der Waals surface area (Å²) >= 11 is 0. The molecule has 1 aliphatic carbocycles. The van der Waals surface area contributed by atoms with E-state index in [1.165, 1.54) is 18.4 Å². The second-order valence-corrected chi connectivity index (χ2v) is 5.09. The molecule has 0 heterocycles. The van der Waals surface area contributed by atoms with Crippen LogP contribution in [0.15, 0.2) is 30.3 Å². The maximum atomic E-state index is 3.63. The molecule has 1 heteroatoms. The van der Waals surface area contributed by atoms with Gasteiger partial charge in [0.15, 0.2) is 0 Å². The molecule has 0 amide bonds. The first-order valence-electron chi connectivity index (χ1n) is 6.03. The van der Waals surface area contributed by atoms with Crippen LogP contribution >= 0.6 is 0 Å². The fraction of sp³-hybridized carbons (Fsp3) is 0.571. The van der Waals surface area contributed by atoms with E-state index < -0.39 is 0 Å². The van der Waals surface area contributed by atoms with Crippen molar-refractivity contribution >= 4 is 0 Å². The Bertz CT molecular complexity index is 291. The Morgan fingerprint density at radius 1 is 1.27 bits per heavy atom. The van der Waals surface area contributed by atoms with Crippen LogP contribution in [-0.2, 0) is 6.42 Å². The lowest BCUT2D eigenvalue weighted by molar-refractivity contribution is 0.532. The molecule has 2 rings (SSSR count). The Labute approximate surface area is 92.9 Å². The quantitative estimate of drug-likeness (QED) is 0.776. The number of rotatable bonds is 5. The molecule has 0 spiro atoms. The molecule has 1 aromatic carbocycles. The van der Waals surface area contributed by atoms with E-state index in [-0.39, 0.29) is 0 Å². The van der Waals surface area contributed by atoms with Crippen molar-refractivity contribution < 1.29 is 0 Å². The molecule has 15 heavy (non-hydrogen) atoms. The van der Waals surface area contributed by atoms with Gasteiger partial charge in [0, 0.05) is 6.04 Å². The third-order valence-corrected chi connectivity index (χ3v) is 3.05. The van der Waals surface area contributed by atoms with Gasteiger partial charge in [0.1, 0.15) is 0 Å². The third-order valence-electron chi connectivity index (χ3n) is 3.05. The van der Waals surface area contributed by atoms with Crippen LogP contribution in [0.4, 0.5) is 0 Å². The summed E-state index contributed by atoms with van der Waals surface area (Å²) in [5.74, 6) is 1.65. The average molecular weight is 203 g/mol. The first kappa shape index (κ1) is 10.7. The molecule has 1 aliphatic rings. The summed E-state index contributed by atoms with van der Waals surface area (Å²) in [7, 11) is 0. The van der Waals surface area contributed by atoms with Crippen molar-refractivity contribution in [3.63, 3.8) is 0 Å². The highest BCUT2D eigenvalue weighted by Crippen LogP contribution is 2.33. The Morgan fingerprint density at radius 3 is 2.67 bits per heavy atom. The molecular formula is C14H21N. The van der Waals surface area contributed by atoms with E-state index >= 15 is 0 Å². The summed E-state index contributed by atoms with van der Waals surface area (Å²) < 4.78 is 0. The highest BCUT2D eigenvalue weighted by atomic mass is 15.0. The highest BCUT2D eigenvalue weighted by molar-refractivity contribution is 5.17. The highest BCUT2D eigenvalue weighted by Gasteiger charge is 2.36. The van der Waals surface area contributed by atoms with Gasteiger partial charge in [0.25, 0.3) is 0 Å². The van der Waals surface area contributed by atoms with Crippen molar-refractivity contribution in [3.05, 3.63) is 35.9 Å². The second kappa shape index (κ2) is 4.80. The van der Waals surface area contributed by atoms with E-state index in [1.54, 1.807) is 0 Å². The van der Waals surface area contributed by atoms with Gasteiger partial charge in [-0.15, -0.1) is 0 Å². The minimum absolute atomic E-state index is 0.767. The summed E-state index contributed by atoms with van der Waals surface area (Å²) in [5, 5.41) is 3.63. The molecule has 82 valence electrons. The van der Waals surface area contributed by atoms with Gasteiger partial charge in [0.05, 0.1) is 0 Å². The molecule has 1 nitrogen and oxygen atoms in total. The van der Waals surface area contributed by atoms with Crippen molar-refractivity contribution in [3.8, 4) is 0 Å². The van der Waals surface area contributed by atoms with E-state index in [0.29, 0.717) is 0 Å². The average Bonchev–Trinajstić information content (AvgIpc) is 2.95. The summed E-state index contributed by atoms with van der Waals surface area (Å²) in [4.78, 5) is 0. The van der Waals surface area contributed by atoms with E-state index in [4.69, 9.17) is 0 Å². The number of benzene rings is 1. The van der Waals surface area contributed by atoms with Gasteiger partial charge < -0.3 is 5.32 Å². The molecule has 0 saturated heterocycles. The van der Waals surface area contributed by atoms with E-state index in [2.05, 4.69) is 49.5 Å². The van der Waals surface area contributed by atoms with Gasteiger partial charge in [-0.2, -0.15) is 0 Å². The molecular weight excluding hydrogens is 182 g/mol. The lowest BCUT2D eigenvalue weighted by atomic mass is 10.1. The largest absolute Gasteiger partial charge is 0.313 e. The maximum absolute atomic E-state index is 3.63. The molecule has 2 atom stereocenters. The lowest BCUT2D eigenvalue weighted by Crippen LogP contribution is -2.23. The van der Waals surface area contributed by atoms with Crippen LogP contribution in [0.2, 0.25) is 0 Å².